The third-order valence-corrected chi connectivity index (χ3v) is 11.5. The number of phenols is 1. The van der Waals surface area contributed by atoms with Crippen LogP contribution in [0.15, 0.2) is 115 Å². The van der Waals surface area contributed by atoms with Crippen molar-refractivity contribution >= 4 is 94.5 Å². The number of hydrogen-bond acceptors (Lipinski definition) is 21. The van der Waals surface area contributed by atoms with E-state index in [0.29, 0.717) is 28.2 Å². The fourth-order valence-electron chi connectivity index (χ4n) is 4.99. The van der Waals surface area contributed by atoms with E-state index in [1.807, 2.05) is 0 Å². The number of hydrogen-bond donors (Lipinski definition) is 6. The van der Waals surface area contributed by atoms with Gasteiger partial charge in [-0.05, 0) is 61.5 Å². The van der Waals surface area contributed by atoms with Crippen LogP contribution in [-0.2, 0) is 65.9 Å². The van der Waals surface area contributed by atoms with Crippen LogP contribution < -0.4 is 10.2 Å². The molecule has 0 atom stereocenters. The Labute approximate surface area is 378 Å². The quantitative estimate of drug-likeness (QED) is 0.00460. The van der Waals surface area contributed by atoms with E-state index in [0.717, 1.165) is 18.7 Å². The maximum absolute atomic E-state index is 12.7. The summed E-state index contributed by atoms with van der Waals surface area (Å²) in [5.74, 6) is -2.11. The van der Waals surface area contributed by atoms with Crippen molar-refractivity contribution in [1.29, 1.82) is 0 Å². The van der Waals surface area contributed by atoms with Crippen molar-refractivity contribution in [3.05, 3.63) is 113 Å². The average Bonchev–Trinajstić information content (AvgIpc) is 3.21. The van der Waals surface area contributed by atoms with Crippen molar-refractivity contribution in [3.63, 3.8) is 0 Å². The number of aromatic hydroxyl groups is 1. The summed E-state index contributed by atoms with van der Waals surface area (Å²) in [6.07, 6.45) is 0. The Bertz CT molecular complexity index is 2780. The molecule has 6 N–H and O–H groups in total. The molecular weight excluding hydrogens is 990 g/mol. The number of anilines is 4. The molecule has 30 heteroatoms. The van der Waals surface area contributed by atoms with Crippen molar-refractivity contribution < 1.29 is 85.5 Å². The molecule has 0 aliphatic rings. The third-order valence-electron chi connectivity index (χ3n) is 7.73. The van der Waals surface area contributed by atoms with E-state index in [9.17, 15) is 34.9 Å². The predicted octanol–water partition coefficient (Wildman–Crippen LogP) is 6.55. The molecule has 63 heavy (non-hydrogen) atoms. The van der Waals surface area contributed by atoms with Gasteiger partial charge in [-0.25, -0.2) is 23.5 Å². The van der Waals surface area contributed by atoms with Crippen molar-refractivity contribution in [2.45, 2.75) is 21.6 Å². The second kappa shape index (κ2) is 22.5. The van der Waals surface area contributed by atoms with Crippen LogP contribution in [0.25, 0.3) is 5.43 Å². The first-order valence-corrected chi connectivity index (χ1v) is 22.4. The van der Waals surface area contributed by atoms with E-state index in [-0.39, 0.29) is 62.8 Å². The van der Waals surface area contributed by atoms with Gasteiger partial charge in [0.2, 0.25) is 17.2 Å². The van der Waals surface area contributed by atoms with Crippen molar-refractivity contribution in [3.8, 4) is 5.75 Å². The number of rotatable bonds is 20. The predicted molar refractivity (Wildman–Crippen MR) is 219 cm³/mol. The van der Waals surface area contributed by atoms with Crippen LogP contribution in [-0.4, -0.2) is 89.7 Å². The second-order valence-electron chi connectivity index (χ2n) is 11.7. The Morgan fingerprint density at radius 2 is 1.65 bits per heavy atom. The Hall–Kier alpha value is -5.08. The first-order chi connectivity index (χ1) is 29.4. The Morgan fingerprint density at radius 3 is 2.29 bits per heavy atom. The van der Waals surface area contributed by atoms with Crippen LogP contribution in [0.1, 0.15) is 18.1 Å². The van der Waals surface area contributed by atoms with Gasteiger partial charge in [0.15, 0.2) is 21.4 Å². The first-order valence-electron chi connectivity index (χ1n) is 16.8. The zero-order valence-corrected chi connectivity index (χ0v) is 36.5. The summed E-state index contributed by atoms with van der Waals surface area (Å²) in [6.45, 7) is 1.99. The van der Waals surface area contributed by atoms with Gasteiger partial charge in [-0.15, -0.1) is 26.7 Å². The summed E-state index contributed by atoms with van der Waals surface area (Å²) in [5.41, 5.74) is 4.24. The van der Waals surface area contributed by atoms with E-state index in [2.05, 4.69) is 59.5 Å². The van der Waals surface area contributed by atoms with E-state index in [4.69, 9.17) is 26.7 Å². The standard InChI is InChI=1S/C33H30ClN9O15S4.Cu/c1-2-43(22-9-12-24(13-10-22)60(47,48)15-14-56-62(52,53)54)33-37-31(34)36-32(38-33)35-27-17-25(61(49,50)51)18-28(29(27)44)40-42-30(20-6-4-3-5-7-20)41-39-26-16-23(59-58-57-46)11-8-21(26)19-55-45;/h3-13,16-19H,2,14-15H2,1H3,(H6-,35,36,37,38,39,40,41,42,44,45,46,49,50,51,52,53,54);/q-2;+2. The minimum absolute atomic E-state index is 0. The molecule has 1 aromatic heterocycles. The topological polar surface area (TPSA) is 346 Å². The van der Waals surface area contributed by atoms with Gasteiger partial charge < -0.3 is 25.9 Å². The fraction of sp³-hybridized carbons (Fsp3) is 0.121. The van der Waals surface area contributed by atoms with Gasteiger partial charge in [-0.1, -0.05) is 35.4 Å². The van der Waals surface area contributed by atoms with Gasteiger partial charge in [-0.3, -0.25) is 19.3 Å². The summed E-state index contributed by atoms with van der Waals surface area (Å²) in [5, 5.41) is 47.0. The van der Waals surface area contributed by atoms with E-state index in [1.54, 1.807) is 37.3 Å². The first kappa shape index (κ1) is 50.6. The number of nitrogens with zero attached hydrogens (tertiary/aromatic N) is 8. The molecular formula is C33H30ClCuN9O15S4. The van der Waals surface area contributed by atoms with Crippen molar-refractivity contribution in [2.24, 2.45) is 15.3 Å². The molecule has 0 aliphatic heterocycles. The summed E-state index contributed by atoms with van der Waals surface area (Å²) < 4.78 is 99.0. The number of aromatic nitrogens is 3. The number of benzene rings is 4. The zero-order chi connectivity index (χ0) is 45.1. The summed E-state index contributed by atoms with van der Waals surface area (Å²) in [7, 11) is -13.8. The SMILES string of the molecule is CCN(c1ccc(S(=O)(=O)CCOS(=O)(=O)O)cc1)c1nc(Cl)nc(Nc2cc(S(=O)(=O)O)cc(N=N/C(=N\[N-]c3cc(SOOO)ccc3[CH-]OO)c3ccccc3)c2O)n1.[Cu+2]. The molecule has 5 rings (SSSR count). The van der Waals surface area contributed by atoms with Crippen LogP contribution in [0.5, 0.6) is 5.75 Å². The van der Waals surface area contributed by atoms with Gasteiger partial charge in [0.25, 0.3) is 10.1 Å². The smallest absolute Gasteiger partial charge is 0.631 e. The minimum atomic E-state index is -4.96. The van der Waals surface area contributed by atoms with E-state index < -0.39 is 64.7 Å². The van der Waals surface area contributed by atoms with Crippen LogP contribution in [0.2, 0.25) is 5.28 Å². The third kappa shape index (κ3) is 14.5. The number of sulfone groups is 1. The van der Waals surface area contributed by atoms with E-state index in [1.165, 1.54) is 47.4 Å². The molecule has 0 saturated heterocycles. The molecule has 0 saturated carbocycles. The van der Waals surface area contributed by atoms with E-state index >= 15 is 0 Å². The van der Waals surface area contributed by atoms with Gasteiger partial charge in [0, 0.05) is 22.7 Å². The zero-order valence-electron chi connectivity index (χ0n) is 31.5. The molecule has 0 bridgehead atoms. The molecule has 1 radical (unpaired) electrons. The minimum Gasteiger partial charge on any atom is -0.631 e. The Morgan fingerprint density at radius 1 is 0.937 bits per heavy atom. The maximum Gasteiger partial charge on any atom is 2.00 e. The Balaban J connectivity index is 0.00000871. The van der Waals surface area contributed by atoms with Gasteiger partial charge in [-0.2, -0.15) is 43.4 Å². The summed E-state index contributed by atoms with van der Waals surface area (Å²) in [4.78, 5) is 17.4. The van der Waals surface area contributed by atoms with Crippen LogP contribution in [0, 0.1) is 6.61 Å². The van der Waals surface area contributed by atoms with Crippen molar-refractivity contribution in [1.82, 2.24) is 15.0 Å². The molecule has 0 unspecified atom stereocenters. The summed E-state index contributed by atoms with van der Waals surface area (Å²) >= 11 is 6.85. The van der Waals surface area contributed by atoms with Crippen molar-refractivity contribution in [2.75, 3.05) is 29.1 Å². The second-order valence-corrected chi connectivity index (χ2v) is 17.5. The number of nitrogens with one attached hydrogen (secondary N) is 1. The normalized spacial score (nSPS) is 12.2. The molecule has 0 amide bonds. The number of phenolic OH excluding ortho intramolecular Hbond substituents is 1. The monoisotopic (exact) mass is 1020 g/mol. The molecule has 24 nitrogen and oxygen atoms in total. The van der Waals surface area contributed by atoms with Crippen LogP contribution in [0.3, 0.4) is 0 Å². The molecule has 0 fully saturated rings. The van der Waals surface area contributed by atoms with Gasteiger partial charge >= 0.3 is 27.5 Å². The Kier molecular flexibility index (Phi) is 18.1. The largest absolute Gasteiger partial charge is 2.00 e. The molecule has 4 aromatic carbocycles. The summed E-state index contributed by atoms with van der Waals surface area (Å²) in [6, 6.07) is 19.4. The number of amidine groups is 1. The van der Waals surface area contributed by atoms with Crippen LogP contribution >= 0.6 is 23.6 Å². The molecule has 5 aromatic rings. The van der Waals surface area contributed by atoms with Crippen LogP contribution in [0.4, 0.5) is 34.6 Å². The molecule has 339 valence electrons. The van der Waals surface area contributed by atoms with Gasteiger partial charge in [0.1, 0.15) is 5.69 Å². The molecule has 1 heterocycles. The maximum atomic E-state index is 12.7. The fourth-order valence-corrected chi connectivity index (χ4v) is 7.55. The van der Waals surface area contributed by atoms with Gasteiger partial charge in [0.05, 0.1) is 39.9 Å². The average molecular weight is 1020 g/mol. The number of azo groups is 1. The molecule has 0 spiro atoms. The number of halogens is 1. The molecule has 0 aliphatic carbocycles.